The first-order chi connectivity index (χ1) is 9.90. The SMILES string of the molecule is O=C(O)c1ccc(S(=O)(=O)NCc2cccnn2)c(F)c1. The van der Waals surface area contributed by atoms with Gasteiger partial charge >= 0.3 is 5.97 Å². The van der Waals surface area contributed by atoms with Crippen molar-refractivity contribution in [2.45, 2.75) is 11.4 Å². The van der Waals surface area contributed by atoms with Gasteiger partial charge in [-0.2, -0.15) is 10.2 Å². The summed E-state index contributed by atoms with van der Waals surface area (Å²) in [7, 11) is -4.12. The van der Waals surface area contributed by atoms with E-state index < -0.39 is 26.7 Å². The minimum absolute atomic E-state index is 0.156. The van der Waals surface area contributed by atoms with Gasteiger partial charge in [0.1, 0.15) is 10.7 Å². The molecule has 0 bridgehead atoms. The van der Waals surface area contributed by atoms with Crippen molar-refractivity contribution >= 4 is 16.0 Å². The molecule has 0 unspecified atom stereocenters. The van der Waals surface area contributed by atoms with E-state index in [4.69, 9.17) is 5.11 Å². The van der Waals surface area contributed by atoms with Gasteiger partial charge in [-0.25, -0.2) is 22.3 Å². The van der Waals surface area contributed by atoms with Crippen LogP contribution in [0.3, 0.4) is 0 Å². The normalized spacial score (nSPS) is 11.3. The maximum Gasteiger partial charge on any atom is 0.335 e. The summed E-state index contributed by atoms with van der Waals surface area (Å²) in [6, 6.07) is 5.71. The minimum Gasteiger partial charge on any atom is -0.478 e. The van der Waals surface area contributed by atoms with E-state index in [1.807, 2.05) is 0 Å². The standard InChI is InChI=1S/C12H10FN3O4S/c13-10-6-8(12(17)18)3-4-11(10)21(19,20)15-7-9-2-1-5-14-16-9/h1-6,15H,7H2,(H,17,18). The molecule has 2 N–H and O–H groups in total. The monoisotopic (exact) mass is 311 g/mol. The lowest BCUT2D eigenvalue weighted by molar-refractivity contribution is 0.0696. The van der Waals surface area contributed by atoms with Crippen LogP contribution in [0.1, 0.15) is 16.1 Å². The van der Waals surface area contributed by atoms with Crippen LogP contribution in [0.15, 0.2) is 41.4 Å². The fourth-order valence-corrected chi connectivity index (χ4v) is 2.58. The molecule has 1 aromatic heterocycles. The number of nitrogens with one attached hydrogen (secondary N) is 1. The fraction of sp³-hybridized carbons (Fsp3) is 0.0833. The molecule has 0 aliphatic heterocycles. The number of carbonyl (C=O) groups is 1. The lowest BCUT2D eigenvalue weighted by Gasteiger charge is -2.07. The predicted octanol–water partition coefficient (Wildman–Crippen LogP) is 0.792. The molecule has 0 aliphatic rings. The highest BCUT2D eigenvalue weighted by molar-refractivity contribution is 7.89. The Kier molecular flexibility index (Phi) is 4.24. The number of benzene rings is 1. The number of aromatic carboxylic acids is 1. The Morgan fingerprint density at radius 2 is 2.10 bits per heavy atom. The number of hydrogen-bond donors (Lipinski definition) is 2. The number of nitrogens with zero attached hydrogens (tertiary/aromatic N) is 2. The average molecular weight is 311 g/mol. The highest BCUT2D eigenvalue weighted by atomic mass is 32.2. The summed E-state index contributed by atoms with van der Waals surface area (Å²) in [5, 5.41) is 16.0. The molecule has 0 spiro atoms. The molecule has 110 valence electrons. The Morgan fingerprint density at radius 3 is 2.67 bits per heavy atom. The zero-order valence-corrected chi connectivity index (χ0v) is 11.3. The highest BCUT2D eigenvalue weighted by Gasteiger charge is 2.20. The van der Waals surface area contributed by atoms with Gasteiger partial charge in [-0.15, -0.1) is 0 Å². The van der Waals surface area contributed by atoms with Crippen LogP contribution in [0, 0.1) is 5.82 Å². The molecule has 0 atom stereocenters. The number of carboxylic acid groups (broad SMARTS) is 1. The van der Waals surface area contributed by atoms with Gasteiger partial charge < -0.3 is 5.11 Å². The zero-order valence-electron chi connectivity index (χ0n) is 10.5. The molecule has 21 heavy (non-hydrogen) atoms. The predicted molar refractivity (Wildman–Crippen MR) is 69.4 cm³/mol. The van der Waals surface area contributed by atoms with E-state index in [-0.39, 0.29) is 12.1 Å². The lowest BCUT2D eigenvalue weighted by atomic mass is 10.2. The first-order valence-corrected chi connectivity index (χ1v) is 7.17. The van der Waals surface area contributed by atoms with Crippen molar-refractivity contribution < 1.29 is 22.7 Å². The van der Waals surface area contributed by atoms with E-state index in [2.05, 4.69) is 14.9 Å². The van der Waals surface area contributed by atoms with E-state index >= 15 is 0 Å². The largest absolute Gasteiger partial charge is 0.478 e. The second-order valence-corrected chi connectivity index (χ2v) is 5.73. The Balaban J connectivity index is 2.22. The van der Waals surface area contributed by atoms with Crippen LogP contribution < -0.4 is 4.72 Å². The Labute approximate surface area is 119 Å². The topological polar surface area (TPSA) is 109 Å². The van der Waals surface area contributed by atoms with Crippen LogP contribution in [-0.2, 0) is 16.6 Å². The van der Waals surface area contributed by atoms with Gasteiger partial charge in [0.25, 0.3) is 0 Å². The maximum atomic E-state index is 13.7. The summed E-state index contributed by atoms with van der Waals surface area (Å²) >= 11 is 0. The minimum atomic E-state index is -4.12. The summed E-state index contributed by atoms with van der Waals surface area (Å²) in [5.41, 5.74) is 0.0315. The summed E-state index contributed by atoms with van der Waals surface area (Å²) in [6.07, 6.45) is 1.43. The number of halogens is 1. The van der Waals surface area contributed by atoms with Crippen LogP contribution in [0.2, 0.25) is 0 Å². The van der Waals surface area contributed by atoms with Crippen LogP contribution in [-0.4, -0.2) is 29.7 Å². The molecule has 0 aliphatic carbocycles. The third-order valence-corrected chi connectivity index (χ3v) is 3.97. The van der Waals surface area contributed by atoms with Gasteiger partial charge in [0, 0.05) is 6.20 Å². The van der Waals surface area contributed by atoms with Gasteiger partial charge in [0.2, 0.25) is 10.0 Å². The highest BCUT2D eigenvalue weighted by Crippen LogP contribution is 2.16. The molecule has 0 saturated heterocycles. The molecule has 1 aromatic carbocycles. The van der Waals surface area contributed by atoms with E-state index in [0.29, 0.717) is 11.8 Å². The number of rotatable bonds is 5. The van der Waals surface area contributed by atoms with E-state index in [1.54, 1.807) is 12.1 Å². The second-order valence-electron chi connectivity index (χ2n) is 3.99. The molecule has 0 fully saturated rings. The molecule has 9 heteroatoms. The summed E-state index contributed by atoms with van der Waals surface area (Å²) < 4.78 is 39.8. The van der Waals surface area contributed by atoms with Crippen LogP contribution in [0.25, 0.3) is 0 Å². The Bertz CT molecular complexity index is 765. The Morgan fingerprint density at radius 1 is 1.33 bits per heavy atom. The number of aromatic nitrogens is 2. The fourth-order valence-electron chi connectivity index (χ4n) is 1.53. The van der Waals surface area contributed by atoms with Crippen molar-refractivity contribution in [1.82, 2.24) is 14.9 Å². The first kappa shape index (κ1) is 15.0. The van der Waals surface area contributed by atoms with Crippen molar-refractivity contribution in [2.75, 3.05) is 0 Å². The second kappa shape index (κ2) is 5.94. The smallest absolute Gasteiger partial charge is 0.335 e. The summed E-state index contributed by atoms with van der Waals surface area (Å²) in [5.74, 6) is -2.48. The molecule has 2 aromatic rings. The zero-order chi connectivity index (χ0) is 15.5. The maximum absolute atomic E-state index is 13.7. The van der Waals surface area contributed by atoms with Crippen LogP contribution in [0.5, 0.6) is 0 Å². The molecule has 2 rings (SSSR count). The number of sulfonamides is 1. The third kappa shape index (κ3) is 3.58. The van der Waals surface area contributed by atoms with Crippen molar-refractivity contribution in [1.29, 1.82) is 0 Å². The number of hydrogen-bond acceptors (Lipinski definition) is 5. The van der Waals surface area contributed by atoms with E-state index in [9.17, 15) is 17.6 Å². The number of carboxylic acids is 1. The van der Waals surface area contributed by atoms with Gasteiger partial charge in [-0.3, -0.25) is 0 Å². The lowest BCUT2D eigenvalue weighted by Crippen LogP contribution is -2.25. The molecule has 7 nitrogen and oxygen atoms in total. The molecular formula is C12H10FN3O4S. The van der Waals surface area contributed by atoms with Crippen molar-refractivity contribution in [3.63, 3.8) is 0 Å². The van der Waals surface area contributed by atoms with Crippen LogP contribution in [0.4, 0.5) is 4.39 Å². The van der Waals surface area contributed by atoms with E-state index in [1.165, 1.54) is 6.20 Å². The quantitative estimate of drug-likeness (QED) is 0.845. The van der Waals surface area contributed by atoms with E-state index in [0.717, 1.165) is 12.1 Å². The Hall–Kier alpha value is -2.39. The van der Waals surface area contributed by atoms with Gasteiger partial charge in [-0.1, -0.05) is 0 Å². The van der Waals surface area contributed by atoms with Crippen molar-refractivity contribution in [2.24, 2.45) is 0 Å². The molecular weight excluding hydrogens is 301 g/mol. The van der Waals surface area contributed by atoms with Crippen molar-refractivity contribution in [3.8, 4) is 0 Å². The summed E-state index contributed by atoms with van der Waals surface area (Å²) in [6.45, 7) is -0.156. The molecule has 0 saturated carbocycles. The molecule has 0 amide bonds. The molecule has 1 heterocycles. The molecule has 0 radical (unpaired) electrons. The van der Waals surface area contributed by atoms with Gasteiger partial charge in [-0.05, 0) is 30.3 Å². The third-order valence-electron chi connectivity index (χ3n) is 2.54. The first-order valence-electron chi connectivity index (χ1n) is 5.69. The average Bonchev–Trinajstić information content (AvgIpc) is 2.46. The summed E-state index contributed by atoms with van der Waals surface area (Å²) in [4.78, 5) is 10.0. The van der Waals surface area contributed by atoms with Crippen LogP contribution >= 0.6 is 0 Å². The van der Waals surface area contributed by atoms with Gasteiger partial charge in [0.15, 0.2) is 0 Å². The van der Waals surface area contributed by atoms with Crippen molar-refractivity contribution in [3.05, 3.63) is 53.6 Å². The van der Waals surface area contributed by atoms with Gasteiger partial charge in [0.05, 0.1) is 17.8 Å².